The Morgan fingerprint density at radius 1 is 0.708 bits per heavy atom. The first-order chi connectivity index (χ1) is 11.8. The summed E-state index contributed by atoms with van der Waals surface area (Å²) in [6, 6.07) is 23.1. The Hall–Kier alpha value is -3.20. The van der Waals surface area contributed by atoms with E-state index in [-0.39, 0.29) is 5.82 Å². The van der Waals surface area contributed by atoms with Gasteiger partial charge in [-0.05, 0) is 22.9 Å². The van der Waals surface area contributed by atoms with Gasteiger partial charge in [0.25, 0.3) is 0 Å². The van der Waals surface area contributed by atoms with Crippen LogP contribution in [0.2, 0.25) is 0 Å². The number of nitrogens with one attached hydrogen (secondary N) is 1. The fourth-order valence-corrected chi connectivity index (χ4v) is 3.40. The molecule has 0 saturated heterocycles. The van der Waals surface area contributed by atoms with Crippen LogP contribution in [0.1, 0.15) is 0 Å². The molecule has 0 atom stereocenters. The van der Waals surface area contributed by atoms with Gasteiger partial charge in [-0.3, -0.25) is 0 Å². The fraction of sp³-hybridized carbons (Fsp3) is 0. The monoisotopic (exact) mass is 312 g/mol. The van der Waals surface area contributed by atoms with Crippen LogP contribution in [0, 0.1) is 5.82 Å². The molecule has 0 bridgehead atoms. The van der Waals surface area contributed by atoms with Crippen molar-refractivity contribution in [2.75, 3.05) is 0 Å². The molecule has 24 heavy (non-hydrogen) atoms. The summed E-state index contributed by atoms with van der Waals surface area (Å²) in [5.74, 6) is 0.425. The minimum absolute atomic E-state index is 0.261. The number of nitrogens with zero attached hydrogens (tertiary/aromatic N) is 1. The molecule has 0 fully saturated rings. The zero-order chi connectivity index (χ0) is 16.1. The van der Waals surface area contributed by atoms with Crippen molar-refractivity contribution in [3.05, 3.63) is 78.6 Å². The number of halogens is 1. The van der Waals surface area contributed by atoms with E-state index < -0.39 is 0 Å². The van der Waals surface area contributed by atoms with Gasteiger partial charge in [-0.15, -0.1) is 0 Å². The van der Waals surface area contributed by atoms with Crippen molar-refractivity contribution in [1.82, 2.24) is 9.97 Å². The average molecular weight is 312 g/mol. The topological polar surface area (TPSA) is 28.7 Å². The highest BCUT2D eigenvalue weighted by Crippen LogP contribution is 2.35. The van der Waals surface area contributed by atoms with E-state index in [9.17, 15) is 4.39 Å². The molecule has 0 unspecified atom stereocenters. The predicted molar refractivity (Wildman–Crippen MR) is 96.5 cm³/mol. The Labute approximate surface area is 137 Å². The number of fused-ring (bicyclic) bond motifs is 6. The molecule has 0 spiro atoms. The number of hydrogen-bond donors (Lipinski definition) is 1. The molecule has 0 amide bonds. The number of aromatic amines is 1. The predicted octanol–water partition coefficient (Wildman–Crippen LogP) is 5.68. The lowest BCUT2D eigenvalue weighted by Gasteiger charge is -2.05. The largest absolute Gasteiger partial charge is 0.337 e. The Morgan fingerprint density at radius 3 is 2.12 bits per heavy atom. The average Bonchev–Trinajstić information content (AvgIpc) is 3.08. The summed E-state index contributed by atoms with van der Waals surface area (Å²) in [5.41, 5.74) is 2.66. The van der Waals surface area contributed by atoms with Gasteiger partial charge in [-0.25, -0.2) is 9.37 Å². The van der Waals surface area contributed by atoms with Crippen LogP contribution in [0.25, 0.3) is 44.0 Å². The summed E-state index contributed by atoms with van der Waals surface area (Å²) in [5, 5.41) is 4.60. The summed E-state index contributed by atoms with van der Waals surface area (Å²) in [6.07, 6.45) is 0. The number of aromatic nitrogens is 2. The van der Waals surface area contributed by atoms with Gasteiger partial charge in [-0.1, -0.05) is 60.7 Å². The summed E-state index contributed by atoms with van der Waals surface area (Å²) in [7, 11) is 0. The van der Waals surface area contributed by atoms with E-state index in [1.165, 1.54) is 22.9 Å². The molecule has 1 heterocycles. The maximum absolute atomic E-state index is 13.6. The molecule has 5 aromatic rings. The maximum atomic E-state index is 13.6. The number of hydrogen-bond acceptors (Lipinski definition) is 1. The van der Waals surface area contributed by atoms with Gasteiger partial charge in [0.05, 0.1) is 11.0 Å². The zero-order valence-electron chi connectivity index (χ0n) is 12.8. The Balaban J connectivity index is 1.95. The van der Waals surface area contributed by atoms with E-state index in [2.05, 4.69) is 29.2 Å². The van der Waals surface area contributed by atoms with Crippen molar-refractivity contribution in [3.63, 3.8) is 0 Å². The number of benzene rings is 4. The molecule has 2 nitrogen and oxygen atoms in total. The second kappa shape index (κ2) is 4.90. The lowest BCUT2D eigenvalue weighted by atomic mass is 10.0. The van der Waals surface area contributed by atoms with E-state index in [4.69, 9.17) is 4.98 Å². The fourth-order valence-electron chi connectivity index (χ4n) is 3.40. The van der Waals surface area contributed by atoms with E-state index in [1.54, 1.807) is 6.07 Å². The molecule has 0 saturated carbocycles. The molecule has 0 aliphatic rings. The molecule has 0 aliphatic carbocycles. The van der Waals surface area contributed by atoms with Crippen LogP contribution in [-0.2, 0) is 0 Å². The van der Waals surface area contributed by atoms with Crippen LogP contribution in [0.5, 0.6) is 0 Å². The lowest BCUT2D eigenvalue weighted by molar-refractivity contribution is 0.628. The summed E-state index contributed by atoms with van der Waals surface area (Å²) in [4.78, 5) is 8.18. The second-order valence-electron chi connectivity index (χ2n) is 5.91. The SMILES string of the molecule is Fc1cccc(-c2nc3c4ccccc4c4ccccc4c3[nH]2)c1. The van der Waals surface area contributed by atoms with Gasteiger partial charge in [0.2, 0.25) is 0 Å². The third-order valence-electron chi connectivity index (χ3n) is 4.47. The first kappa shape index (κ1) is 13.3. The molecule has 114 valence electrons. The van der Waals surface area contributed by atoms with Gasteiger partial charge in [0.1, 0.15) is 11.6 Å². The van der Waals surface area contributed by atoms with Crippen molar-refractivity contribution in [2.45, 2.75) is 0 Å². The van der Waals surface area contributed by atoms with E-state index in [0.29, 0.717) is 5.82 Å². The van der Waals surface area contributed by atoms with Gasteiger partial charge in [0, 0.05) is 16.3 Å². The van der Waals surface area contributed by atoms with Gasteiger partial charge in [-0.2, -0.15) is 0 Å². The second-order valence-corrected chi connectivity index (χ2v) is 5.91. The van der Waals surface area contributed by atoms with Gasteiger partial charge >= 0.3 is 0 Å². The highest BCUT2D eigenvalue weighted by atomic mass is 19.1. The molecule has 0 radical (unpaired) electrons. The zero-order valence-corrected chi connectivity index (χ0v) is 12.8. The Kier molecular flexibility index (Phi) is 2.71. The normalized spacial score (nSPS) is 11.5. The highest BCUT2D eigenvalue weighted by molar-refractivity contribution is 6.23. The molecule has 0 aliphatic heterocycles. The highest BCUT2D eigenvalue weighted by Gasteiger charge is 2.13. The summed E-state index contributed by atoms with van der Waals surface area (Å²) < 4.78 is 13.6. The molecule has 5 rings (SSSR count). The van der Waals surface area contributed by atoms with Crippen molar-refractivity contribution >= 4 is 32.6 Å². The Bertz CT molecular complexity index is 1150. The lowest BCUT2D eigenvalue weighted by Crippen LogP contribution is -1.81. The summed E-state index contributed by atoms with van der Waals surface area (Å²) >= 11 is 0. The van der Waals surface area contributed by atoms with Crippen LogP contribution >= 0.6 is 0 Å². The third kappa shape index (κ3) is 1.85. The molecule has 4 aromatic carbocycles. The molecular formula is C21H13FN2. The van der Waals surface area contributed by atoms with E-state index in [0.717, 1.165) is 27.4 Å². The van der Waals surface area contributed by atoms with E-state index >= 15 is 0 Å². The van der Waals surface area contributed by atoms with Crippen LogP contribution in [0.4, 0.5) is 4.39 Å². The minimum atomic E-state index is -0.261. The molecule has 1 aromatic heterocycles. The number of H-pyrrole nitrogens is 1. The first-order valence-electron chi connectivity index (χ1n) is 7.86. The van der Waals surface area contributed by atoms with Crippen LogP contribution in [0.15, 0.2) is 72.8 Å². The molecule has 3 heteroatoms. The maximum Gasteiger partial charge on any atom is 0.138 e. The Morgan fingerprint density at radius 2 is 1.38 bits per heavy atom. The van der Waals surface area contributed by atoms with Crippen LogP contribution in [-0.4, -0.2) is 9.97 Å². The molecule has 1 N–H and O–H groups in total. The number of imidazole rings is 1. The standard InChI is InChI=1S/C21H13FN2/c22-14-7-5-6-13(12-14)21-23-19-17-10-3-1-8-15(17)16-9-2-4-11-18(16)20(19)24-21/h1-12H,(H,23,24). The molecular weight excluding hydrogens is 299 g/mol. The van der Waals surface area contributed by atoms with Gasteiger partial charge < -0.3 is 4.98 Å². The van der Waals surface area contributed by atoms with Crippen LogP contribution in [0.3, 0.4) is 0 Å². The van der Waals surface area contributed by atoms with Crippen molar-refractivity contribution in [3.8, 4) is 11.4 Å². The minimum Gasteiger partial charge on any atom is -0.337 e. The smallest absolute Gasteiger partial charge is 0.138 e. The van der Waals surface area contributed by atoms with Crippen LogP contribution < -0.4 is 0 Å². The third-order valence-corrected chi connectivity index (χ3v) is 4.47. The number of rotatable bonds is 1. The van der Waals surface area contributed by atoms with E-state index in [1.807, 2.05) is 30.3 Å². The first-order valence-corrected chi connectivity index (χ1v) is 7.86. The van der Waals surface area contributed by atoms with Crippen molar-refractivity contribution < 1.29 is 4.39 Å². The van der Waals surface area contributed by atoms with Gasteiger partial charge in [0.15, 0.2) is 0 Å². The quantitative estimate of drug-likeness (QED) is 0.397. The van der Waals surface area contributed by atoms with Crippen molar-refractivity contribution in [2.24, 2.45) is 0 Å². The van der Waals surface area contributed by atoms with Crippen molar-refractivity contribution in [1.29, 1.82) is 0 Å². The summed E-state index contributed by atoms with van der Waals surface area (Å²) in [6.45, 7) is 0.